The molecule has 5 nitrogen and oxygen atoms in total. The van der Waals surface area contributed by atoms with Crippen LogP contribution in [0.3, 0.4) is 0 Å². The number of para-hydroxylation sites is 1. The number of hydrogen-bond donors (Lipinski definition) is 1. The lowest BCUT2D eigenvalue weighted by molar-refractivity contribution is 0.204. The highest BCUT2D eigenvalue weighted by atomic mass is 35.5. The molecule has 0 aliphatic carbocycles. The maximum atomic E-state index is 12.5. The average molecular weight is 453 g/mol. The highest BCUT2D eigenvalue weighted by Gasteiger charge is 2.15. The number of hydrogen-bond acceptors (Lipinski definition) is 4. The Bertz CT molecular complexity index is 851. The number of ether oxygens (including phenoxy) is 1. The van der Waals surface area contributed by atoms with E-state index < -0.39 is 10.0 Å². The van der Waals surface area contributed by atoms with Gasteiger partial charge < -0.3 is 9.64 Å². The fraction of sp³-hybridized carbons (Fsp3) is 0.478. The van der Waals surface area contributed by atoms with Crippen molar-refractivity contribution >= 4 is 21.6 Å². The molecule has 7 heteroatoms. The molecule has 1 aliphatic heterocycles. The molecule has 1 aliphatic rings. The summed E-state index contributed by atoms with van der Waals surface area (Å²) in [5.41, 5.74) is 0.818. The predicted octanol–water partition coefficient (Wildman–Crippen LogP) is 5.10. The lowest BCUT2D eigenvalue weighted by Crippen LogP contribution is -2.31. The summed E-state index contributed by atoms with van der Waals surface area (Å²) in [4.78, 5) is 2.68. The summed E-state index contributed by atoms with van der Waals surface area (Å²) in [6.45, 7) is 8.21. The number of piperidine rings is 1. The molecule has 3 rings (SSSR count). The van der Waals surface area contributed by atoms with E-state index in [1.54, 1.807) is 12.1 Å². The van der Waals surface area contributed by atoms with Crippen LogP contribution < -0.4 is 9.46 Å². The zero-order valence-electron chi connectivity index (χ0n) is 17.9. The Balaban J connectivity index is 0.00000155. The van der Waals surface area contributed by atoms with Crippen LogP contribution in [0.2, 0.25) is 5.02 Å². The third-order valence-electron chi connectivity index (χ3n) is 4.87. The Hall–Kier alpha value is -1.60. The van der Waals surface area contributed by atoms with Crippen molar-refractivity contribution in [2.45, 2.75) is 51.0 Å². The molecule has 0 bridgehead atoms. The van der Waals surface area contributed by atoms with Crippen molar-refractivity contribution in [1.29, 1.82) is 0 Å². The van der Waals surface area contributed by atoms with Gasteiger partial charge in [-0.25, -0.2) is 13.1 Å². The summed E-state index contributed by atoms with van der Waals surface area (Å²) in [7, 11) is -3.60. The molecular formula is C23H33ClN2O3S. The van der Waals surface area contributed by atoms with Crippen LogP contribution in [0.25, 0.3) is 0 Å². The van der Waals surface area contributed by atoms with E-state index >= 15 is 0 Å². The van der Waals surface area contributed by atoms with E-state index in [0.717, 1.165) is 24.3 Å². The molecular weight excluding hydrogens is 420 g/mol. The standard InChI is InChI=1S/C21H27ClN2O3S.C2H6/c22-19-9-11-20(12-10-19)28(25,26)23-17-18-7-2-3-8-21(18)27-16-6-15-24-13-4-1-5-14-24;1-2/h2-3,7-12,23H,1,4-6,13-17H2;1-2H3. The maximum Gasteiger partial charge on any atom is 0.240 e. The molecule has 0 amide bonds. The smallest absolute Gasteiger partial charge is 0.240 e. The molecule has 0 radical (unpaired) electrons. The Kier molecular flexibility index (Phi) is 10.6. The van der Waals surface area contributed by atoms with Crippen molar-refractivity contribution in [3.05, 3.63) is 59.1 Å². The normalized spacial score (nSPS) is 14.6. The number of sulfonamides is 1. The van der Waals surface area contributed by atoms with Crippen molar-refractivity contribution in [3.63, 3.8) is 0 Å². The summed E-state index contributed by atoms with van der Waals surface area (Å²) >= 11 is 5.83. The van der Waals surface area contributed by atoms with E-state index in [2.05, 4.69) is 9.62 Å². The minimum absolute atomic E-state index is 0.174. The minimum atomic E-state index is -3.60. The van der Waals surface area contributed by atoms with E-state index in [1.165, 1.54) is 44.5 Å². The number of halogens is 1. The van der Waals surface area contributed by atoms with Crippen molar-refractivity contribution in [3.8, 4) is 5.75 Å². The van der Waals surface area contributed by atoms with Gasteiger partial charge in [-0.05, 0) is 62.7 Å². The molecule has 0 aromatic heterocycles. The summed E-state index contributed by atoms with van der Waals surface area (Å²) in [5, 5.41) is 0.502. The molecule has 2 aromatic carbocycles. The molecule has 0 atom stereocenters. The third kappa shape index (κ3) is 7.91. The average Bonchev–Trinajstić information content (AvgIpc) is 2.78. The van der Waals surface area contributed by atoms with Gasteiger partial charge in [-0.2, -0.15) is 0 Å². The summed E-state index contributed by atoms with van der Waals surface area (Å²) < 4.78 is 33.5. The van der Waals surface area contributed by atoms with Gasteiger partial charge in [0.15, 0.2) is 0 Å². The maximum absolute atomic E-state index is 12.5. The Labute approximate surface area is 186 Å². The van der Waals surface area contributed by atoms with Crippen molar-refractivity contribution in [2.24, 2.45) is 0 Å². The third-order valence-corrected chi connectivity index (χ3v) is 6.54. The Morgan fingerprint density at radius 1 is 1.00 bits per heavy atom. The van der Waals surface area contributed by atoms with Gasteiger partial charge in [0.2, 0.25) is 10.0 Å². The van der Waals surface area contributed by atoms with Gasteiger partial charge in [-0.3, -0.25) is 0 Å². The Morgan fingerprint density at radius 3 is 2.37 bits per heavy atom. The predicted molar refractivity (Wildman–Crippen MR) is 124 cm³/mol. The quantitative estimate of drug-likeness (QED) is 0.538. The van der Waals surface area contributed by atoms with E-state index in [9.17, 15) is 8.42 Å². The second-order valence-corrected chi connectivity index (χ2v) is 9.19. The first-order valence-corrected chi connectivity index (χ1v) is 12.6. The molecule has 1 fully saturated rings. The van der Waals surface area contributed by atoms with Crippen LogP contribution in [0.4, 0.5) is 0 Å². The van der Waals surface area contributed by atoms with Crippen LogP contribution in [0, 0.1) is 0 Å². The van der Waals surface area contributed by atoms with Crippen LogP contribution in [-0.2, 0) is 16.6 Å². The molecule has 0 spiro atoms. The lowest BCUT2D eigenvalue weighted by Gasteiger charge is -2.26. The van der Waals surface area contributed by atoms with Gasteiger partial charge in [0.25, 0.3) is 0 Å². The number of likely N-dealkylation sites (tertiary alicyclic amines) is 1. The molecule has 30 heavy (non-hydrogen) atoms. The van der Waals surface area contributed by atoms with Gasteiger partial charge in [0.1, 0.15) is 5.75 Å². The van der Waals surface area contributed by atoms with E-state index in [0.29, 0.717) is 11.6 Å². The Morgan fingerprint density at radius 2 is 1.67 bits per heavy atom. The second-order valence-electron chi connectivity index (χ2n) is 6.99. The first-order valence-electron chi connectivity index (χ1n) is 10.7. The van der Waals surface area contributed by atoms with E-state index in [4.69, 9.17) is 16.3 Å². The van der Waals surface area contributed by atoms with Gasteiger partial charge in [-0.15, -0.1) is 0 Å². The van der Waals surface area contributed by atoms with E-state index in [1.807, 2.05) is 38.1 Å². The topological polar surface area (TPSA) is 58.6 Å². The molecule has 2 aromatic rings. The van der Waals surface area contributed by atoms with Gasteiger partial charge in [0.05, 0.1) is 11.5 Å². The van der Waals surface area contributed by atoms with E-state index in [-0.39, 0.29) is 11.4 Å². The molecule has 0 unspecified atom stereocenters. The van der Waals surface area contributed by atoms with Crippen molar-refractivity contribution in [1.82, 2.24) is 9.62 Å². The molecule has 0 saturated carbocycles. The number of rotatable bonds is 9. The molecule has 1 N–H and O–H groups in total. The fourth-order valence-corrected chi connectivity index (χ4v) is 4.45. The number of nitrogens with zero attached hydrogens (tertiary/aromatic N) is 1. The number of benzene rings is 2. The molecule has 1 saturated heterocycles. The van der Waals surface area contributed by atoms with Gasteiger partial charge in [0, 0.05) is 23.7 Å². The van der Waals surface area contributed by atoms with Gasteiger partial charge in [-0.1, -0.05) is 50.1 Å². The highest BCUT2D eigenvalue weighted by Crippen LogP contribution is 2.20. The SMILES string of the molecule is CC.O=S(=O)(NCc1ccccc1OCCCN1CCCCC1)c1ccc(Cl)cc1. The van der Waals surface area contributed by atoms with Crippen molar-refractivity contribution < 1.29 is 13.2 Å². The van der Waals surface area contributed by atoms with Crippen LogP contribution >= 0.6 is 11.6 Å². The minimum Gasteiger partial charge on any atom is -0.493 e. The van der Waals surface area contributed by atoms with Crippen molar-refractivity contribution in [2.75, 3.05) is 26.2 Å². The zero-order valence-corrected chi connectivity index (χ0v) is 19.5. The van der Waals surface area contributed by atoms with Gasteiger partial charge >= 0.3 is 0 Å². The first kappa shape index (κ1) is 24.7. The second kappa shape index (κ2) is 13.0. The monoisotopic (exact) mass is 452 g/mol. The van der Waals surface area contributed by atoms with Crippen LogP contribution in [0.1, 0.15) is 45.1 Å². The lowest BCUT2D eigenvalue weighted by atomic mass is 10.1. The van der Waals surface area contributed by atoms with Crippen LogP contribution in [-0.4, -0.2) is 39.6 Å². The fourth-order valence-electron chi connectivity index (χ4n) is 3.31. The molecule has 166 valence electrons. The molecule has 1 heterocycles. The number of nitrogens with one attached hydrogen (secondary N) is 1. The highest BCUT2D eigenvalue weighted by molar-refractivity contribution is 7.89. The zero-order chi connectivity index (χ0) is 21.8. The summed E-state index contributed by atoms with van der Waals surface area (Å²) in [6.07, 6.45) is 4.88. The van der Waals surface area contributed by atoms with Crippen LogP contribution in [0.5, 0.6) is 5.75 Å². The summed E-state index contributed by atoms with van der Waals surface area (Å²) in [6, 6.07) is 13.7. The van der Waals surface area contributed by atoms with Crippen LogP contribution in [0.15, 0.2) is 53.4 Å². The first-order chi connectivity index (χ1) is 14.5. The summed E-state index contributed by atoms with van der Waals surface area (Å²) in [5.74, 6) is 0.722. The largest absolute Gasteiger partial charge is 0.493 e.